The van der Waals surface area contributed by atoms with Gasteiger partial charge >= 0.3 is 0 Å². The Morgan fingerprint density at radius 1 is 1.32 bits per heavy atom. The molecule has 0 aliphatic heterocycles. The van der Waals surface area contributed by atoms with E-state index in [2.05, 4.69) is 27.7 Å². The molecule has 1 aliphatic rings. The molecule has 1 aliphatic carbocycles. The molecule has 0 aromatic heterocycles. The van der Waals surface area contributed by atoms with Crippen molar-refractivity contribution in [3.63, 3.8) is 0 Å². The Morgan fingerprint density at radius 3 is 2.11 bits per heavy atom. The van der Waals surface area contributed by atoms with Crippen LogP contribution >= 0.6 is 11.6 Å². The summed E-state index contributed by atoms with van der Waals surface area (Å²) in [6.45, 7) is 8.96. The first-order chi connectivity index (χ1) is 8.60. The molecule has 104 valence electrons. The summed E-state index contributed by atoms with van der Waals surface area (Å²) in [5.41, 5.74) is 7.09. The van der Waals surface area contributed by atoms with Gasteiger partial charge in [0.15, 0.2) is 0 Å². The molecule has 0 heterocycles. The number of nitriles is 1. The molecule has 4 heteroatoms. The second kappa shape index (κ2) is 5.40. The second-order valence-corrected chi connectivity index (χ2v) is 6.81. The molecule has 0 atom stereocenters. The molecule has 19 heavy (non-hydrogen) atoms. The summed E-state index contributed by atoms with van der Waals surface area (Å²) in [6, 6.07) is 6.50. The van der Waals surface area contributed by atoms with Crippen LogP contribution in [0.3, 0.4) is 0 Å². The predicted molar refractivity (Wildman–Crippen MR) is 78.0 cm³/mol. The van der Waals surface area contributed by atoms with E-state index in [0.717, 1.165) is 0 Å². The van der Waals surface area contributed by atoms with Gasteiger partial charge in [0.2, 0.25) is 0 Å². The molecule has 1 saturated carbocycles. The molecule has 2 rings (SSSR count). The Kier molecular flexibility index (Phi) is 4.50. The van der Waals surface area contributed by atoms with Crippen LogP contribution in [0.4, 0.5) is 0 Å². The fourth-order valence-corrected chi connectivity index (χ4v) is 3.13. The van der Waals surface area contributed by atoms with Gasteiger partial charge in [0.05, 0.1) is 10.6 Å². The Balaban J connectivity index is 0.000000191. The molecule has 3 N–H and O–H groups in total. The maximum Gasteiger partial charge on any atom is 0.117 e. The number of aromatic hydroxyl groups is 1. The lowest BCUT2D eigenvalue weighted by molar-refractivity contribution is -0.0169. The topological polar surface area (TPSA) is 70.0 Å². The third-order valence-corrected chi connectivity index (χ3v) is 3.98. The minimum Gasteiger partial charge on any atom is -0.508 e. The summed E-state index contributed by atoms with van der Waals surface area (Å²) in [5.74, 6) is 0.0731. The quantitative estimate of drug-likeness (QED) is 0.761. The van der Waals surface area contributed by atoms with Gasteiger partial charge < -0.3 is 10.8 Å². The number of nitrogens with zero attached hydrogens (tertiary/aromatic N) is 1. The van der Waals surface area contributed by atoms with E-state index < -0.39 is 0 Å². The average molecular weight is 281 g/mol. The number of halogens is 1. The van der Waals surface area contributed by atoms with E-state index in [-0.39, 0.29) is 10.8 Å². The normalized spacial score (nSPS) is 19.6. The van der Waals surface area contributed by atoms with E-state index in [9.17, 15) is 0 Å². The molecule has 0 radical (unpaired) electrons. The van der Waals surface area contributed by atoms with Gasteiger partial charge in [-0.25, -0.2) is 0 Å². The van der Waals surface area contributed by atoms with Crippen molar-refractivity contribution in [2.24, 2.45) is 16.6 Å². The summed E-state index contributed by atoms with van der Waals surface area (Å²) in [5, 5.41) is 17.5. The maximum absolute atomic E-state index is 8.84. The van der Waals surface area contributed by atoms with E-state index >= 15 is 0 Å². The SMILES string of the molecule is CC1(C)CC(C)(C)C1N.N#Cc1ccc(O)cc1Cl. The van der Waals surface area contributed by atoms with Gasteiger partial charge in [-0.1, -0.05) is 39.3 Å². The van der Waals surface area contributed by atoms with Gasteiger partial charge in [0, 0.05) is 6.04 Å². The first-order valence-electron chi connectivity index (χ1n) is 6.24. The Morgan fingerprint density at radius 2 is 1.84 bits per heavy atom. The first-order valence-corrected chi connectivity index (χ1v) is 6.62. The van der Waals surface area contributed by atoms with Crippen LogP contribution in [0.2, 0.25) is 5.02 Å². The molecule has 1 aromatic rings. The minimum absolute atomic E-state index is 0.0731. The molecule has 0 saturated heterocycles. The van der Waals surface area contributed by atoms with Crippen LogP contribution in [0.25, 0.3) is 0 Å². The Hall–Kier alpha value is -1.24. The van der Waals surface area contributed by atoms with Crippen molar-refractivity contribution < 1.29 is 5.11 Å². The highest BCUT2D eigenvalue weighted by Gasteiger charge is 2.50. The van der Waals surface area contributed by atoms with E-state index in [0.29, 0.717) is 22.4 Å². The van der Waals surface area contributed by atoms with Gasteiger partial charge in [-0.3, -0.25) is 0 Å². The Labute approximate surface area is 120 Å². The predicted octanol–water partition coefficient (Wildman–Crippen LogP) is 3.69. The standard InChI is InChI=1S/C8H17N.C7H4ClNO/c1-7(2)5-8(3,4)6(7)9;8-7-3-6(10)2-1-5(7)4-9/h6H,5,9H2,1-4H3;1-3,10H. The molecular formula is C15H21ClN2O. The van der Waals surface area contributed by atoms with Crippen LogP contribution in [0.15, 0.2) is 18.2 Å². The van der Waals surface area contributed by atoms with E-state index in [1.807, 2.05) is 6.07 Å². The molecule has 0 unspecified atom stereocenters. The average Bonchev–Trinajstić information content (AvgIpc) is 2.28. The number of rotatable bonds is 0. The number of phenolic OH excluding ortho intramolecular Hbond substituents is 1. The fourth-order valence-electron chi connectivity index (χ4n) is 2.92. The lowest BCUT2D eigenvalue weighted by Crippen LogP contribution is -2.60. The molecule has 1 aromatic carbocycles. The van der Waals surface area contributed by atoms with E-state index in [4.69, 9.17) is 27.7 Å². The van der Waals surface area contributed by atoms with Gasteiger partial charge in [0.1, 0.15) is 11.8 Å². The van der Waals surface area contributed by atoms with Crippen LogP contribution in [0, 0.1) is 22.2 Å². The van der Waals surface area contributed by atoms with Crippen LogP contribution in [-0.2, 0) is 0 Å². The molecule has 0 spiro atoms. The maximum atomic E-state index is 8.84. The number of hydrogen-bond donors (Lipinski definition) is 2. The number of benzene rings is 1. The Bertz CT molecular complexity index is 489. The lowest BCUT2D eigenvalue weighted by Gasteiger charge is -2.55. The summed E-state index contributed by atoms with van der Waals surface area (Å²) in [4.78, 5) is 0. The van der Waals surface area contributed by atoms with Crippen molar-refractivity contribution in [2.45, 2.75) is 40.2 Å². The second-order valence-electron chi connectivity index (χ2n) is 6.41. The van der Waals surface area contributed by atoms with Crippen LogP contribution in [0.5, 0.6) is 5.75 Å². The summed E-state index contributed by atoms with van der Waals surface area (Å²) in [7, 11) is 0. The van der Waals surface area contributed by atoms with Crippen molar-refractivity contribution >= 4 is 11.6 Å². The summed E-state index contributed by atoms with van der Waals surface area (Å²) < 4.78 is 0. The molecule has 0 amide bonds. The number of phenols is 1. The monoisotopic (exact) mass is 280 g/mol. The third kappa shape index (κ3) is 3.62. The van der Waals surface area contributed by atoms with Crippen LogP contribution in [0.1, 0.15) is 39.7 Å². The highest BCUT2D eigenvalue weighted by molar-refractivity contribution is 6.31. The zero-order chi connectivity index (χ0) is 14.8. The molecule has 3 nitrogen and oxygen atoms in total. The zero-order valence-electron chi connectivity index (χ0n) is 11.9. The van der Waals surface area contributed by atoms with Gasteiger partial charge in [-0.05, 0) is 35.4 Å². The van der Waals surface area contributed by atoms with Crippen molar-refractivity contribution in [1.82, 2.24) is 0 Å². The third-order valence-electron chi connectivity index (χ3n) is 3.67. The van der Waals surface area contributed by atoms with Gasteiger partial charge in [0.25, 0.3) is 0 Å². The van der Waals surface area contributed by atoms with E-state index in [1.165, 1.54) is 24.6 Å². The van der Waals surface area contributed by atoms with Crippen LogP contribution in [-0.4, -0.2) is 11.1 Å². The fraction of sp³-hybridized carbons (Fsp3) is 0.533. The van der Waals surface area contributed by atoms with Crippen molar-refractivity contribution in [3.05, 3.63) is 28.8 Å². The van der Waals surface area contributed by atoms with Gasteiger partial charge in [-0.2, -0.15) is 5.26 Å². The minimum atomic E-state index is 0.0731. The van der Waals surface area contributed by atoms with Crippen molar-refractivity contribution in [1.29, 1.82) is 5.26 Å². The highest BCUT2D eigenvalue weighted by atomic mass is 35.5. The summed E-state index contributed by atoms with van der Waals surface area (Å²) >= 11 is 5.55. The van der Waals surface area contributed by atoms with Crippen LogP contribution < -0.4 is 5.73 Å². The van der Waals surface area contributed by atoms with Crippen molar-refractivity contribution in [2.75, 3.05) is 0 Å². The largest absolute Gasteiger partial charge is 0.508 e. The van der Waals surface area contributed by atoms with Crippen molar-refractivity contribution in [3.8, 4) is 11.8 Å². The highest BCUT2D eigenvalue weighted by Crippen LogP contribution is 2.52. The molecular weight excluding hydrogens is 260 g/mol. The zero-order valence-corrected chi connectivity index (χ0v) is 12.6. The number of hydrogen-bond acceptors (Lipinski definition) is 3. The lowest BCUT2D eigenvalue weighted by atomic mass is 9.52. The molecule has 1 fully saturated rings. The van der Waals surface area contributed by atoms with E-state index in [1.54, 1.807) is 0 Å². The smallest absolute Gasteiger partial charge is 0.117 e. The van der Waals surface area contributed by atoms with Gasteiger partial charge in [-0.15, -0.1) is 0 Å². The first kappa shape index (κ1) is 15.8. The molecule has 0 bridgehead atoms. The number of nitrogens with two attached hydrogens (primary N) is 1. The summed E-state index contributed by atoms with van der Waals surface area (Å²) in [6.07, 6.45) is 1.27.